The number of nitrogens with one attached hydrogen (secondary N) is 2. The van der Waals surface area contributed by atoms with Gasteiger partial charge in [-0.15, -0.1) is 0 Å². The van der Waals surface area contributed by atoms with E-state index in [9.17, 15) is 8.42 Å². The summed E-state index contributed by atoms with van der Waals surface area (Å²) in [6.45, 7) is 5.78. The Bertz CT molecular complexity index is 471. The monoisotopic (exact) mass is 257 g/mol. The Morgan fingerprint density at radius 2 is 1.94 bits per heavy atom. The normalized spacial score (nSPS) is 13.7. The van der Waals surface area contributed by atoms with Gasteiger partial charge in [-0.1, -0.05) is 13.8 Å². The van der Waals surface area contributed by atoms with Crippen LogP contribution in [0.25, 0.3) is 0 Å². The predicted octanol–water partition coefficient (Wildman–Crippen LogP) is 1.45. The van der Waals surface area contributed by atoms with Crippen molar-refractivity contribution in [3.8, 4) is 0 Å². The summed E-state index contributed by atoms with van der Waals surface area (Å²) in [5.74, 6) is 0.593. The maximum absolute atomic E-state index is 12.1. The van der Waals surface area contributed by atoms with Gasteiger partial charge < -0.3 is 5.32 Å². The third-order valence-electron chi connectivity index (χ3n) is 2.64. The third kappa shape index (κ3) is 3.41. The lowest BCUT2D eigenvalue weighted by molar-refractivity contribution is 0.476. The average Bonchev–Trinajstić information content (AvgIpc) is 2.28. The number of pyridine rings is 1. The molecule has 6 heteroatoms. The van der Waals surface area contributed by atoms with Gasteiger partial charge in [0.2, 0.25) is 10.0 Å². The Balaban J connectivity index is 3.05. The van der Waals surface area contributed by atoms with E-state index in [4.69, 9.17) is 0 Å². The number of hydrogen-bond acceptors (Lipinski definition) is 4. The summed E-state index contributed by atoms with van der Waals surface area (Å²) in [6.07, 6.45) is 1.55. The smallest absolute Gasteiger partial charge is 0.244 e. The first-order valence-electron chi connectivity index (χ1n) is 5.53. The fraction of sp³-hybridized carbons (Fsp3) is 0.545. The van der Waals surface area contributed by atoms with Crippen LogP contribution in [0.3, 0.4) is 0 Å². The van der Waals surface area contributed by atoms with Gasteiger partial charge in [-0.3, -0.25) is 0 Å². The minimum Gasteiger partial charge on any atom is -0.372 e. The van der Waals surface area contributed by atoms with Gasteiger partial charge in [0.1, 0.15) is 10.7 Å². The Labute approximate surface area is 103 Å². The molecule has 1 aromatic heterocycles. The zero-order valence-electron chi connectivity index (χ0n) is 10.6. The molecule has 0 aromatic carbocycles. The number of nitrogens with zero attached hydrogens (tertiary/aromatic N) is 1. The summed E-state index contributed by atoms with van der Waals surface area (Å²) >= 11 is 0. The van der Waals surface area contributed by atoms with Gasteiger partial charge in [0.05, 0.1) is 0 Å². The van der Waals surface area contributed by atoms with Crippen LogP contribution in [0.4, 0.5) is 5.82 Å². The highest BCUT2D eigenvalue weighted by Crippen LogP contribution is 2.18. The highest BCUT2D eigenvalue weighted by atomic mass is 32.2. The molecule has 1 aromatic rings. The lowest BCUT2D eigenvalue weighted by atomic mass is 10.1. The van der Waals surface area contributed by atoms with Crippen molar-refractivity contribution in [3.05, 3.63) is 18.3 Å². The lowest BCUT2D eigenvalue weighted by Crippen LogP contribution is -2.36. The summed E-state index contributed by atoms with van der Waals surface area (Å²) < 4.78 is 26.9. The number of hydrogen-bond donors (Lipinski definition) is 2. The molecule has 0 spiro atoms. The molecule has 96 valence electrons. The van der Waals surface area contributed by atoms with Crippen LogP contribution >= 0.6 is 0 Å². The van der Waals surface area contributed by atoms with E-state index in [0.29, 0.717) is 5.82 Å². The number of anilines is 1. The Morgan fingerprint density at radius 3 is 2.47 bits per heavy atom. The second-order valence-electron chi connectivity index (χ2n) is 4.25. The first-order valence-corrected chi connectivity index (χ1v) is 7.02. The Kier molecular flexibility index (Phi) is 4.47. The number of rotatable bonds is 5. The standard InChI is InChI=1S/C11H19N3O2S/c1-8(2)9(3)14-17(15,16)10-6-5-7-13-11(10)12-4/h5-9,14H,1-4H3,(H,12,13). The fourth-order valence-corrected chi connectivity index (χ4v) is 2.80. The number of sulfonamides is 1. The molecular weight excluding hydrogens is 238 g/mol. The van der Waals surface area contributed by atoms with Crippen molar-refractivity contribution >= 4 is 15.8 Å². The third-order valence-corrected chi connectivity index (χ3v) is 4.23. The van der Waals surface area contributed by atoms with E-state index in [1.807, 2.05) is 20.8 Å². The maximum atomic E-state index is 12.1. The molecule has 0 radical (unpaired) electrons. The molecule has 0 aliphatic heterocycles. The van der Waals surface area contributed by atoms with E-state index in [2.05, 4.69) is 15.0 Å². The van der Waals surface area contributed by atoms with Crippen molar-refractivity contribution in [1.82, 2.24) is 9.71 Å². The van der Waals surface area contributed by atoms with Crippen LogP contribution in [-0.4, -0.2) is 26.5 Å². The SMILES string of the molecule is CNc1ncccc1S(=O)(=O)NC(C)C(C)C. The second-order valence-corrected chi connectivity index (χ2v) is 5.94. The molecule has 0 aliphatic carbocycles. The second kappa shape index (κ2) is 5.46. The molecule has 5 nitrogen and oxygen atoms in total. The van der Waals surface area contributed by atoms with Crippen LogP contribution in [0.1, 0.15) is 20.8 Å². The summed E-state index contributed by atoms with van der Waals surface area (Å²) in [4.78, 5) is 4.16. The van der Waals surface area contributed by atoms with Gasteiger partial charge in [-0.25, -0.2) is 18.1 Å². The first kappa shape index (κ1) is 13.9. The molecule has 1 rings (SSSR count). The van der Waals surface area contributed by atoms with Gasteiger partial charge in [0, 0.05) is 19.3 Å². The molecule has 0 amide bonds. The molecule has 2 N–H and O–H groups in total. The highest BCUT2D eigenvalue weighted by Gasteiger charge is 2.22. The van der Waals surface area contributed by atoms with Crippen molar-refractivity contribution in [3.63, 3.8) is 0 Å². The fourth-order valence-electron chi connectivity index (χ4n) is 1.24. The molecule has 0 saturated heterocycles. The molecule has 0 bridgehead atoms. The van der Waals surface area contributed by atoms with Crippen LogP contribution in [0.5, 0.6) is 0 Å². The van der Waals surface area contributed by atoms with Gasteiger partial charge in [-0.2, -0.15) is 0 Å². The van der Waals surface area contributed by atoms with E-state index < -0.39 is 10.0 Å². The molecule has 1 atom stereocenters. The molecule has 0 saturated carbocycles. The zero-order valence-corrected chi connectivity index (χ0v) is 11.4. The topological polar surface area (TPSA) is 71.1 Å². The molecule has 1 heterocycles. The summed E-state index contributed by atoms with van der Waals surface area (Å²) in [5, 5.41) is 2.77. The lowest BCUT2D eigenvalue weighted by Gasteiger charge is -2.18. The van der Waals surface area contributed by atoms with Gasteiger partial charge in [0.15, 0.2) is 0 Å². The average molecular weight is 257 g/mol. The minimum absolute atomic E-state index is 0.120. The van der Waals surface area contributed by atoms with Crippen LogP contribution in [0, 0.1) is 5.92 Å². The van der Waals surface area contributed by atoms with Crippen molar-refractivity contribution < 1.29 is 8.42 Å². The first-order chi connectivity index (χ1) is 7.88. The molecule has 0 aliphatic rings. The highest BCUT2D eigenvalue weighted by molar-refractivity contribution is 7.89. The minimum atomic E-state index is -3.52. The van der Waals surface area contributed by atoms with E-state index >= 15 is 0 Å². The van der Waals surface area contributed by atoms with Crippen molar-refractivity contribution in [1.29, 1.82) is 0 Å². The van der Waals surface area contributed by atoms with E-state index in [0.717, 1.165) is 0 Å². The largest absolute Gasteiger partial charge is 0.372 e. The van der Waals surface area contributed by atoms with Crippen LogP contribution < -0.4 is 10.0 Å². The van der Waals surface area contributed by atoms with Crippen LogP contribution in [-0.2, 0) is 10.0 Å². The molecular formula is C11H19N3O2S. The number of aromatic nitrogens is 1. The van der Waals surface area contributed by atoms with E-state index in [1.165, 1.54) is 6.07 Å². The molecule has 0 fully saturated rings. The summed E-state index contributed by atoms with van der Waals surface area (Å²) in [6, 6.07) is 3.02. The van der Waals surface area contributed by atoms with Crippen molar-refractivity contribution in [2.75, 3.05) is 12.4 Å². The van der Waals surface area contributed by atoms with Crippen molar-refractivity contribution in [2.45, 2.75) is 31.7 Å². The summed E-state index contributed by atoms with van der Waals surface area (Å²) in [7, 11) is -1.88. The van der Waals surface area contributed by atoms with Gasteiger partial charge in [0.25, 0.3) is 0 Å². The predicted molar refractivity (Wildman–Crippen MR) is 68.4 cm³/mol. The zero-order chi connectivity index (χ0) is 13.1. The quantitative estimate of drug-likeness (QED) is 0.837. The van der Waals surface area contributed by atoms with E-state index in [-0.39, 0.29) is 16.9 Å². The summed E-state index contributed by atoms with van der Waals surface area (Å²) in [5.41, 5.74) is 0. The van der Waals surface area contributed by atoms with Gasteiger partial charge in [-0.05, 0) is 25.0 Å². The van der Waals surface area contributed by atoms with Crippen LogP contribution in [0.15, 0.2) is 23.2 Å². The van der Waals surface area contributed by atoms with Crippen molar-refractivity contribution in [2.24, 2.45) is 5.92 Å². The Hall–Kier alpha value is -1.14. The molecule has 17 heavy (non-hydrogen) atoms. The van der Waals surface area contributed by atoms with E-state index in [1.54, 1.807) is 19.3 Å². The Morgan fingerprint density at radius 1 is 1.29 bits per heavy atom. The molecule has 1 unspecified atom stereocenters. The van der Waals surface area contributed by atoms with Crippen LogP contribution in [0.2, 0.25) is 0 Å². The maximum Gasteiger partial charge on any atom is 0.244 e. The van der Waals surface area contributed by atoms with Gasteiger partial charge >= 0.3 is 0 Å².